The Morgan fingerprint density at radius 2 is 0.882 bits per heavy atom. The van der Waals surface area contributed by atoms with E-state index in [0.717, 1.165) is 13.8 Å². The highest BCUT2D eigenvalue weighted by Crippen LogP contribution is 2.64. The van der Waals surface area contributed by atoms with Gasteiger partial charge in [-0.2, -0.15) is 74.6 Å². The second kappa shape index (κ2) is 14.9. The maximum atomic E-state index is 14.4. The number of carbonyl (C=O) groups excluding carboxylic acids is 4. The van der Waals surface area contributed by atoms with E-state index in [9.17, 15) is 93.8 Å². The normalized spacial score (nSPS) is 23.0. The summed E-state index contributed by atoms with van der Waals surface area (Å²) in [6, 6.07) is 0. The summed E-state index contributed by atoms with van der Waals surface area (Å²) in [5.41, 5.74) is 0. The van der Waals surface area contributed by atoms with Crippen LogP contribution in [-0.2, 0) is 47.6 Å². The third-order valence-corrected chi connectivity index (χ3v) is 6.43. The van der Waals surface area contributed by atoms with Crippen LogP contribution >= 0.6 is 0 Å². The van der Waals surface area contributed by atoms with Crippen molar-refractivity contribution in [3.05, 3.63) is 0 Å². The molecule has 298 valence electrons. The van der Waals surface area contributed by atoms with Crippen LogP contribution < -0.4 is 0 Å². The predicted octanol–water partition coefficient (Wildman–Crippen LogP) is 5.49. The van der Waals surface area contributed by atoms with Gasteiger partial charge in [0.05, 0.1) is 6.61 Å². The van der Waals surface area contributed by atoms with E-state index in [-0.39, 0.29) is 0 Å². The van der Waals surface area contributed by atoms with E-state index < -0.39 is 122 Å². The summed E-state index contributed by atoms with van der Waals surface area (Å²) in [7, 11) is 0. The van der Waals surface area contributed by atoms with Crippen LogP contribution in [0.25, 0.3) is 0 Å². The summed E-state index contributed by atoms with van der Waals surface area (Å²) in [5, 5.41) is 0. The number of carbonyl (C=O) groups is 4. The highest BCUT2D eigenvalue weighted by molar-refractivity contribution is 5.68. The van der Waals surface area contributed by atoms with Crippen LogP contribution in [0, 0.1) is 0 Å². The van der Waals surface area contributed by atoms with Crippen LogP contribution in [0.1, 0.15) is 34.1 Å². The standard InChI is InChI=1S/C24H23F17O10/c1-8(42)47-7-12-13(48-9(2)43)14(49-10(3)44)15(50-11(4)45)16(51-12)46-6-5-17(25,26)18(27,28)19(29,30)20(31,32)21(33,34)22(35,36)23(37,38)24(39,40)41/h12-16H,5-7H2,1-4H3/t12-,13-,14+,15+,16?/m1/s1. The van der Waals surface area contributed by atoms with Gasteiger partial charge < -0.3 is 28.4 Å². The molecule has 0 N–H and O–H groups in total. The summed E-state index contributed by atoms with van der Waals surface area (Å²) >= 11 is 0. The molecule has 1 saturated heterocycles. The van der Waals surface area contributed by atoms with Crippen molar-refractivity contribution < 1.29 is 122 Å². The minimum Gasteiger partial charge on any atom is -0.463 e. The molecule has 0 aromatic carbocycles. The minimum absolute atomic E-state index is 0.620. The largest absolute Gasteiger partial charge is 0.463 e. The number of hydrogen-bond acceptors (Lipinski definition) is 10. The molecular weight excluding hydrogens is 771 g/mol. The third-order valence-electron chi connectivity index (χ3n) is 6.43. The van der Waals surface area contributed by atoms with Crippen LogP contribution in [0.3, 0.4) is 0 Å². The molecule has 0 aromatic heterocycles. The Hall–Kier alpha value is -3.39. The summed E-state index contributed by atoms with van der Waals surface area (Å²) in [6.45, 7) is -0.379. The number of halogens is 17. The monoisotopic (exact) mass is 794 g/mol. The Kier molecular flexibility index (Phi) is 13.4. The number of esters is 4. The van der Waals surface area contributed by atoms with Crippen LogP contribution in [0.15, 0.2) is 0 Å². The van der Waals surface area contributed by atoms with Gasteiger partial charge in [-0.1, -0.05) is 0 Å². The molecule has 0 amide bonds. The lowest BCUT2D eigenvalue weighted by Crippen LogP contribution is -2.74. The highest BCUT2D eigenvalue weighted by atomic mass is 19.4. The van der Waals surface area contributed by atoms with E-state index >= 15 is 0 Å². The quantitative estimate of drug-likeness (QED) is 0.120. The van der Waals surface area contributed by atoms with Crippen LogP contribution in [0.5, 0.6) is 0 Å². The van der Waals surface area contributed by atoms with E-state index in [1.165, 1.54) is 0 Å². The molecule has 1 aliphatic heterocycles. The molecule has 1 fully saturated rings. The average molecular weight is 794 g/mol. The lowest BCUT2D eigenvalue weighted by atomic mass is 9.88. The van der Waals surface area contributed by atoms with E-state index in [1.807, 2.05) is 0 Å². The number of rotatable bonds is 15. The molecule has 0 radical (unpaired) electrons. The molecule has 0 saturated carbocycles. The fraction of sp³-hybridized carbons (Fsp3) is 0.833. The Morgan fingerprint density at radius 3 is 1.27 bits per heavy atom. The van der Waals surface area contributed by atoms with Crippen molar-refractivity contribution in [2.45, 2.75) is 112 Å². The first-order chi connectivity index (χ1) is 22.5. The summed E-state index contributed by atoms with van der Waals surface area (Å²) in [6.07, 6.45) is -21.8. The van der Waals surface area contributed by atoms with Gasteiger partial charge in [0.2, 0.25) is 0 Å². The van der Waals surface area contributed by atoms with E-state index in [4.69, 9.17) is 18.9 Å². The van der Waals surface area contributed by atoms with Gasteiger partial charge in [-0.05, 0) is 0 Å². The first-order valence-corrected chi connectivity index (χ1v) is 13.2. The minimum atomic E-state index is -8.81. The van der Waals surface area contributed by atoms with Crippen LogP contribution in [0.4, 0.5) is 74.6 Å². The molecule has 1 aliphatic rings. The molecule has 5 atom stereocenters. The Balaban J connectivity index is 3.54. The van der Waals surface area contributed by atoms with Crippen molar-refractivity contribution in [3.63, 3.8) is 0 Å². The highest BCUT2D eigenvalue weighted by Gasteiger charge is 2.95. The van der Waals surface area contributed by atoms with Gasteiger partial charge in [0, 0.05) is 34.1 Å². The molecule has 0 aliphatic carbocycles. The summed E-state index contributed by atoms with van der Waals surface area (Å²) in [4.78, 5) is 46.4. The first-order valence-electron chi connectivity index (χ1n) is 13.2. The molecule has 0 bridgehead atoms. The SMILES string of the molecule is CC(=O)OC[C@H]1OC(OCCC(F)(F)C(F)(F)C(F)(F)C(F)(F)C(F)(F)C(F)(F)C(F)(F)C(F)(F)F)[C@@H](OC(C)=O)[C@@H](OC(C)=O)[C@@H]1OC(C)=O. The maximum Gasteiger partial charge on any atom is 0.460 e. The zero-order valence-electron chi connectivity index (χ0n) is 25.5. The van der Waals surface area contributed by atoms with Crippen molar-refractivity contribution in [2.24, 2.45) is 0 Å². The summed E-state index contributed by atoms with van der Waals surface area (Å²) in [5.74, 6) is -62.9. The Labute approximate surface area is 272 Å². The molecule has 27 heteroatoms. The molecule has 0 spiro atoms. The third kappa shape index (κ3) is 8.64. The van der Waals surface area contributed by atoms with Gasteiger partial charge in [-0.3, -0.25) is 19.2 Å². The van der Waals surface area contributed by atoms with Gasteiger partial charge in [0.15, 0.2) is 24.6 Å². The van der Waals surface area contributed by atoms with Gasteiger partial charge in [-0.15, -0.1) is 0 Å². The van der Waals surface area contributed by atoms with Gasteiger partial charge >= 0.3 is 71.5 Å². The molecule has 51 heavy (non-hydrogen) atoms. The van der Waals surface area contributed by atoms with Crippen LogP contribution in [-0.4, -0.2) is 115 Å². The maximum absolute atomic E-state index is 14.4. The fourth-order valence-electron chi connectivity index (χ4n) is 3.98. The predicted molar refractivity (Wildman–Crippen MR) is 123 cm³/mol. The van der Waals surface area contributed by atoms with E-state index in [1.54, 1.807) is 0 Å². The fourth-order valence-corrected chi connectivity index (χ4v) is 3.98. The molecule has 0 aromatic rings. The van der Waals surface area contributed by atoms with Crippen molar-refractivity contribution in [3.8, 4) is 0 Å². The molecular formula is C24H23F17O10. The van der Waals surface area contributed by atoms with Crippen molar-refractivity contribution >= 4 is 23.9 Å². The molecule has 1 heterocycles. The number of hydrogen-bond donors (Lipinski definition) is 0. The number of ether oxygens (including phenoxy) is 6. The van der Waals surface area contributed by atoms with Crippen molar-refractivity contribution in [1.29, 1.82) is 0 Å². The van der Waals surface area contributed by atoms with Gasteiger partial charge in [-0.25, -0.2) is 0 Å². The molecule has 1 unspecified atom stereocenters. The zero-order valence-corrected chi connectivity index (χ0v) is 25.5. The van der Waals surface area contributed by atoms with Gasteiger partial charge in [0.25, 0.3) is 0 Å². The second-order valence-electron chi connectivity index (χ2n) is 10.3. The average Bonchev–Trinajstić information content (AvgIpc) is 2.92. The Bertz CT molecular complexity index is 1290. The smallest absolute Gasteiger partial charge is 0.460 e. The Morgan fingerprint density at radius 1 is 0.510 bits per heavy atom. The van der Waals surface area contributed by atoms with Gasteiger partial charge in [0.1, 0.15) is 12.7 Å². The van der Waals surface area contributed by atoms with Crippen molar-refractivity contribution in [2.75, 3.05) is 13.2 Å². The van der Waals surface area contributed by atoms with Crippen molar-refractivity contribution in [1.82, 2.24) is 0 Å². The molecule has 10 nitrogen and oxygen atoms in total. The first kappa shape index (κ1) is 45.6. The lowest BCUT2D eigenvalue weighted by Gasteiger charge is -2.44. The second-order valence-corrected chi connectivity index (χ2v) is 10.3. The molecule has 1 rings (SSSR count). The summed E-state index contributed by atoms with van der Waals surface area (Å²) < 4.78 is 259. The number of alkyl halides is 17. The van der Waals surface area contributed by atoms with E-state index in [2.05, 4.69) is 9.47 Å². The van der Waals surface area contributed by atoms with Crippen LogP contribution in [0.2, 0.25) is 0 Å². The van der Waals surface area contributed by atoms with E-state index in [0.29, 0.717) is 13.8 Å². The lowest BCUT2D eigenvalue weighted by molar-refractivity contribution is -0.462. The zero-order chi connectivity index (χ0) is 40.6. The topological polar surface area (TPSA) is 124 Å².